The zero-order valence-electron chi connectivity index (χ0n) is 28.4. The summed E-state index contributed by atoms with van der Waals surface area (Å²) >= 11 is 0. The molecular weight excluding hydrogens is 632 g/mol. The molecule has 4 aromatic rings. The summed E-state index contributed by atoms with van der Waals surface area (Å²) in [6.07, 6.45) is 3.96. The lowest BCUT2D eigenvalue weighted by Gasteiger charge is -2.49. The number of benzene rings is 4. The Morgan fingerprint density at radius 2 is 0.920 bits per heavy atom. The van der Waals surface area contributed by atoms with Crippen molar-refractivity contribution in [1.29, 1.82) is 0 Å². The molecule has 0 radical (unpaired) electrons. The lowest BCUT2D eigenvalue weighted by atomic mass is 9.56. The van der Waals surface area contributed by atoms with E-state index in [1.54, 1.807) is 9.80 Å². The molecule has 0 bridgehead atoms. The molecule has 0 aliphatic heterocycles. The van der Waals surface area contributed by atoms with Crippen molar-refractivity contribution in [2.75, 3.05) is 13.1 Å². The van der Waals surface area contributed by atoms with Crippen LogP contribution >= 0.6 is 0 Å². The Hall–Kier alpha value is -5.64. The maximum atomic E-state index is 14.4. The molecule has 0 spiro atoms. The number of hydrogen-bond acceptors (Lipinski definition) is 8. The minimum atomic E-state index is -0.811. The number of carbonyl (C=O) groups is 2. The van der Waals surface area contributed by atoms with Crippen molar-refractivity contribution in [2.45, 2.75) is 39.8 Å². The van der Waals surface area contributed by atoms with Gasteiger partial charge in [0.05, 0.1) is 11.8 Å². The summed E-state index contributed by atoms with van der Waals surface area (Å²) in [6, 6.07) is 34.1. The molecule has 5 rings (SSSR count). The average molecular weight is 677 g/mol. The molecule has 0 unspecified atom stereocenters. The molecule has 4 atom stereocenters. The fourth-order valence-corrected chi connectivity index (χ4v) is 6.50. The van der Waals surface area contributed by atoms with E-state index in [1.165, 1.54) is 12.4 Å². The number of carbonyl (C=O) groups excluding carboxylic acids is 2. The quantitative estimate of drug-likeness (QED) is 0.0708. The second kappa shape index (κ2) is 17.7. The fourth-order valence-electron chi connectivity index (χ4n) is 6.50. The standard InChI is InChI=1S/C40H44N4O6/c1-3-23-43(27-29-15-19-33(20-16-29)49-31-11-7-5-8-12-31)39(45)37-35(25-41-47)36(26-42-48)38(37)40(46)44(24-4-2)28-30-17-21-34(22-18-30)50-32-13-9-6-10-14-32/h5-22,25-26,35-38,47-48H,3-4,23-24,27-28H2,1-2H3/t35-,36-,37-,38-/m0/s1. The van der Waals surface area contributed by atoms with Gasteiger partial charge in [-0.15, -0.1) is 10.3 Å². The van der Waals surface area contributed by atoms with Gasteiger partial charge >= 0.3 is 0 Å². The van der Waals surface area contributed by atoms with Crippen LogP contribution < -0.4 is 9.47 Å². The summed E-state index contributed by atoms with van der Waals surface area (Å²) in [5.74, 6) is -0.505. The monoisotopic (exact) mass is 676 g/mol. The topological polar surface area (TPSA) is 124 Å². The fraction of sp³-hybridized carbons (Fsp3) is 0.300. The minimum Gasteiger partial charge on any atom is -0.457 e. The molecule has 1 aliphatic rings. The highest BCUT2D eigenvalue weighted by atomic mass is 16.5. The van der Waals surface area contributed by atoms with Crippen molar-refractivity contribution < 1.29 is 29.5 Å². The Kier molecular flexibility index (Phi) is 12.6. The molecule has 10 nitrogen and oxygen atoms in total. The van der Waals surface area contributed by atoms with Gasteiger partial charge in [0.1, 0.15) is 23.0 Å². The van der Waals surface area contributed by atoms with Crippen LogP contribution in [-0.2, 0) is 22.7 Å². The highest BCUT2D eigenvalue weighted by molar-refractivity contribution is 5.97. The maximum absolute atomic E-state index is 14.4. The summed E-state index contributed by atoms with van der Waals surface area (Å²) in [5, 5.41) is 25.6. The molecule has 2 amide bonds. The minimum absolute atomic E-state index is 0.221. The van der Waals surface area contributed by atoms with Gasteiger partial charge in [-0.3, -0.25) is 9.59 Å². The third-order valence-electron chi connectivity index (χ3n) is 8.87. The van der Waals surface area contributed by atoms with Gasteiger partial charge in [0.25, 0.3) is 0 Å². The van der Waals surface area contributed by atoms with Crippen molar-refractivity contribution in [2.24, 2.45) is 34.0 Å². The largest absolute Gasteiger partial charge is 0.457 e. The number of amides is 2. The van der Waals surface area contributed by atoms with Gasteiger partial charge < -0.3 is 29.7 Å². The molecule has 0 aromatic heterocycles. The molecule has 1 fully saturated rings. The highest BCUT2D eigenvalue weighted by Gasteiger charge is 2.58. The maximum Gasteiger partial charge on any atom is 0.227 e. The third-order valence-corrected chi connectivity index (χ3v) is 8.87. The molecule has 0 heterocycles. The first-order chi connectivity index (χ1) is 24.4. The van der Waals surface area contributed by atoms with Gasteiger partial charge in [-0.05, 0) is 72.5 Å². The van der Waals surface area contributed by atoms with Gasteiger partial charge in [0.2, 0.25) is 11.8 Å². The van der Waals surface area contributed by atoms with E-state index < -0.39 is 23.7 Å². The SMILES string of the molecule is CCCN(Cc1ccc(Oc2ccccc2)cc1)C(=O)[C@H]1[C@@H](C=NO)[C@H](C=NO)[C@@H]1C(=O)N(CCC)Cc1ccc(Oc2ccccc2)cc1. The van der Waals surface area contributed by atoms with Crippen molar-refractivity contribution in [3.05, 3.63) is 120 Å². The van der Waals surface area contributed by atoms with Gasteiger partial charge in [-0.2, -0.15) is 0 Å². The molecule has 4 aromatic carbocycles. The van der Waals surface area contributed by atoms with Gasteiger partial charge in [0.15, 0.2) is 0 Å². The summed E-state index contributed by atoms with van der Waals surface area (Å²) < 4.78 is 11.9. The van der Waals surface area contributed by atoms with Crippen LogP contribution in [0.25, 0.3) is 0 Å². The lowest BCUT2D eigenvalue weighted by Crippen LogP contribution is -2.61. The number of rotatable bonds is 16. The average Bonchev–Trinajstić information content (AvgIpc) is 3.13. The predicted molar refractivity (Wildman–Crippen MR) is 192 cm³/mol. The summed E-state index contributed by atoms with van der Waals surface area (Å²) in [5.41, 5.74) is 1.81. The molecule has 50 heavy (non-hydrogen) atoms. The molecule has 260 valence electrons. The van der Waals surface area contributed by atoms with E-state index in [4.69, 9.17) is 9.47 Å². The van der Waals surface area contributed by atoms with Crippen LogP contribution in [0.15, 0.2) is 120 Å². The normalized spacial score (nSPS) is 18.4. The summed E-state index contributed by atoms with van der Waals surface area (Å²) in [7, 11) is 0. The van der Waals surface area contributed by atoms with Crippen LogP contribution in [-0.4, -0.2) is 57.5 Å². The number of para-hydroxylation sites is 2. The molecule has 1 aliphatic carbocycles. The zero-order chi connectivity index (χ0) is 35.3. The summed E-state index contributed by atoms with van der Waals surface area (Å²) in [4.78, 5) is 32.2. The van der Waals surface area contributed by atoms with Gasteiger partial charge in [-0.1, -0.05) is 74.5 Å². The highest BCUT2D eigenvalue weighted by Crippen LogP contribution is 2.47. The molecule has 10 heteroatoms. The molecule has 1 saturated carbocycles. The smallest absolute Gasteiger partial charge is 0.227 e. The first kappa shape index (κ1) is 35.7. The van der Waals surface area contributed by atoms with Crippen LogP contribution in [0.5, 0.6) is 23.0 Å². The Labute approximate surface area is 293 Å². The van der Waals surface area contributed by atoms with Crippen molar-refractivity contribution in [3.8, 4) is 23.0 Å². The third kappa shape index (κ3) is 8.87. The van der Waals surface area contributed by atoms with Gasteiger partial charge in [0, 0.05) is 50.4 Å². The van der Waals surface area contributed by atoms with Crippen LogP contribution in [0.4, 0.5) is 0 Å². The van der Waals surface area contributed by atoms with E-state index >= 15 is 0 Å². The number of hydrogen-bond donors (Lipinski definition) is 2. The first-order valence-electron chi connectivity index (χ1n) is 17.0. The van der Waals surface area contributed by atoms with Crippen LogP contribution in [0.1, 0.15) is 37.8 Å². The van der Waals surface area contributed by atoms with E-state index in [1.807, 2.05) is 123 Å². The predicted octanol–water partition coefficient (Wildman–Crippen LogP) is 7.85. The second-order valence-corrected chi connectivity index (χ2v) is 12.4. The Bertz CT molecular complexity index is 1590. The Balaban J connectivity index is 1.34. The van der Waals surface area contributed by atoms with E-state index in [0.717, 1.165) is 22.6 Å². The Morgan fingerprint density at radius 3 is 1.24 bits per heavy atom. The second-order valence-electron chi connectivity index (χ2n) is 12.4. The van der Waals surface area contributed by atoms with Crippen LogP contribution in [0.3, 0.4) is 0 Å². The van der Waals surface area contributed by atoms with Crippen LogP contribution in [0.2, 0.25) is 0 Å². The molecular formula is C40H44N4O6. The zero-order valence-corrected chi connectivity index (χ0v) is 28.4. The van der Waals surface area contributed by atoms with Crippen molar-refractivity contribution in [1.82, 2.24) is 9.80 Å². The number of nitrogens with zero attached hydrogens (tertiary/aromatic N) is 4. The number of oxime groups is 2. The first-order valence-corrected chi connectivity index (χ1v) is 17.0. The van der Waals surface area contributed by atoms with E-state index in [9.17, 15) is 20.0 Å². The van der Waals surface area contributed by atoms with E-state index in [0.29, 0.717) is 50.5 Å². The summed E-state index contributed by atoms with van der Waals surface area (Å²) in [6.45, 7) is 5.58. The van der Waals surface area contributed by atoms with E-state index in [-0.39, 0.29) is 11.8 Å². The Morgan fingerprint density at radius 1 is 0.580 bits per heavy atom. The van der Waals surface area contributed by atoms with Crippen molar-refractivity contribution >= 4 is 24.2 Å². The van der Waals surface area contributed by atoms with Gasteiger partial charge in [-0.25, -0.2) is 0 Å². The molecule has 0 saturated heterocycles. The molecule has 2 N–H and O–H groups in total. The van der Waals surface area contributed by atoms with E-state index in [2.05, 4.69) is 10.3 Å². The van der Waals surface area contributed by atoms with Crippen molar-refractivity contribution in [3.63, 3.8) is 0 Å². The number of ether oxygens (including phenoxy) is 2. The lowest BCUT2D eigenvalue weighted by molar-refractivity contribution is -0.159. The van der Waals surface area contributed by atoms with Crippen LogP contribution in [0, 0.1) is 23.7 Å².